The maximum Gasteiger partial charge on any atom is 0.170 e. The fourth-order valence-electron chi connectivity index (χ4n) is 2.38. The van der Waals surface area contributed by atoms with E-state index in [2.05, 4.69) is 10.4 Å². The molecule has 0 aliphatic heterocycles. The Kier molecular flexibility index (Phi) is 3.97. The molecule has 0 fully saturated rings. The third-order valence-electron chi connectivity index (χ3n) is 3.34. The van der Waals surface area contributed by atoms with Crippen molar-refractivity contribution in [1.29, 1.82) is 0 Å². The number of fused-ring (bicyclic) bond motifs is 1. The van der Waals surface area contributed by atoms with Crippen LogP contribution in [0.1, 0.15) is 13.8 Å². The smallest absolute Gasteiger partial charge is 0.170 e. The van der Waals surface area contributed by atoms with Gasteiger partial charge in [0, 0.05) is 37.0 Å². The average molecular weight is 312 g/mol. The minimum absolute atomic E-state index is 0.0373. The molecule has 3 rings (SSSR count). The van der Waals surface area contributed by atoms with Crippen molar-refractivity contribution in [3.05, 3.63) is 42.7 Å². The van der Waals surface area contributed by atoms with Gasteiger partial charge in [0.15, 0.2) is 11.5 Å². The van der Waals surface area contributed by atoms with Crippen molar-refractivity contribution in [1.82, 2.24) is 9.66 Å². The number of benzene rings is 1. The van der Waals surface area contributed by atoms with Crippen molar-refractivity contribution in [2.45, 2.75) is 20.0 Å². The van der Waals surface area contributed by atoms with Crippen LogP contribution < -0.4 is 20.6 Å². The van der Waals surface area contributed by atoms with Gasteiger partial charge in [0.05, 0.1) is 11.6 Å². The number of nitrogen functional groups attached to an aromatic ring is 1. The Morgan fingerprint density at radius 1 is 1.17 bits per heavy atom. The van der Waals surface area contributed by atoms with Gasteiger partial charge < -0.3 is 20.6 Å². The largest absolute Gasteiger partial charge is 0.487 e. The van der Waals surface area contributed by atoms with Gasteiger partial charge in [0.2, 0.25) is 0 Å². The number of rotatable bonds is 5. The fourth-order valence-corrected chi connectivity index (χ4v) is 2.38. The highest BCUT2D eigenvalue weighted by Crippen LogP contribution is 2.36. The number of hydrogen-bond acceptors (Lipinski definition) is 5. The summed E-state index contributed by atoms with van der Waals surface area (Å²) in [5.41, 5.74) is 9.83. The quantitative estimate of drug-likeness (QED) is 0.755. The lowest BCUT2D eigenvalue weighted by atomic mass is 10.2. The molecule has 2 aromatic heterocycles. The first kappa shape index (κ1) is 15.0. The van der Waals surface area contributed by atoms with E-state index in [4.69, 9.17) is 15.2 Å². The summed E-state index contributed by atoms with van der Waals surface area (Å²) in [6.45, 7) is 3.96. The Balaban J connectivity index is 2.06. The van der Waals surface area contributed by atoms with E-state index in [1.165, 1.54) is 0 Å². The van der Waals surface area contributed by atoms with E-state index in [0.29, 0.717) is 23.1 Å². The van der Waals surface area contributed by atoms with Gasteiger partial charge >= 0.3 is 0 Å². The Hall–Kier alpha value is -2.89. The van der Waals surface area contributed by atoms with Crippen LogP contribution in [0, 0.1) is 0 Å². The summed E-state index contributed by atoms with van der Waals surface area (Å²) in [4.78, 5) is 3.97. The lowest BCUT2D eigenvalue weighted by Gasteiger charge is -2.16. The van der Waals surface area contributed by atoms with Crippen molar-refractivity contribution in [3.8, 4) is 17.2 Å². The van der Waals surface area contributed by atoms with Gasteiger partial charge in [0.1, 0.15) is 11.6 Å². The highest BCUT2D eigenvalue weighted by atomic mass is 16.5. The number of ether oxygens (including phenoxy) is 2. The number of nitrogens with two attached hydrogens (primary N) is 1. The molecule has 0 amide bonds. The number of hydrogen-bond donors (Lipinski definition) is 2. The fraction of sp³-hybridized carbons (Fsp3) is 0.235. The van der Waals surface area contributed by atoms with E-state index in [9.17, 15) is 0 Å². The van der Waals surface area contributed by atoms with E-state index in [1.807, 2.05) is 50.0 Å². The SMILES string of the molecule is CNn1ccc2cc(Oc3ccnc(N)c3)c(OC(C)C)cc21. The van der Waals surface area contributed by atoms with Gasteiger partial charge in [0.25, 0.3) is 0 Å². The second-order valence-corrected chi connectivity index (χ2v) is 5.45. The van der Waals surface area contributed by atoms with Crippen LogP contribution in [0.5, 0.6) is 17.2 Å². The molecule has 0 unspecified atom stereocenters. The maximum absolute atomic E-state index is 5.97. The highest BCUT2D eigenvalue weighted by Gasteiger charge is 2.13. The third kappa shape index (κ3) is 3.15. The Morgan fingerprint density at radius 3 is 2.70 bits per heavy atom. The second-order valence-electron chi connectivity index (χ2n) is 5.45. The van der Waals surface area contributed by atoms with Crippen LogP contribution in [0.15, 0.2) is 42.7 Å². The molecule has 120 valence electrons. The normalized spacial score (nSPS) is 11.0. The zero-order valence-corrected chi connectivity index (χ0v) is 13.4. The van der Waals surface area contributed by atoms with Crippen molar-refractivity contribution in [3.63, 3.8) is 0 Å². The van der Waals surface area contributed by atoms with Crippen LogP contribution in [-0.2, 0) is 0 Å². The molecule has 1 aromatic carbocycles. The van der Waals surface area contributed by atoms with Gasteiger partial charge in [-0.2, -0.15) is 0 Å². The third-order valence-corrected chi connectivity index (χ3v) is 3.34. The molecule has 0 atom stereocenters. The highest BCUT2D eigenvalue weighted by molar-refractivity contribution is 5.84. The molecule has 3 N–H and O–H groups in total. The van der Waals surface area contributed by atoms with E-state index < -0.39 is 0 Å². The van der Waals surface area contributed by atoms with Crippen molar-refractivity contribution < 1.29 is 9.47 Å². The predicted molar refractivity (Wildman–Crippen MR) is 91.7 cm³/mol. The molecule has 0 radical (unpaired) electrons. The first-order chi connectivity index (χ1) is 11.1. The summed E-state index contributed by atoms with van der Waals surface area (Å²) < 4.78 is 13.8. The lowest BCUT2D eigenvalue weighted by Crippen LogP contribution is -2.09. The Labute approximate surface area is 134 Å². The molecule has 2 heterocycles. The standard InChI is InChI=1S/C17H20N4O2/c1-11(2)22-16-10-14-12(5-7-21(14)19-3)8-15(16)23-13-4-6-20-17(18)9-13/h4-11,19H,1-3H3,(H2,18,20). The van der Waals surface area contributed by atoms with Gasteiger partial charge in [-0.3, -0.25) is 4.68 Å². The topological polar surface area (TPSA) is 74.3 Å². The molecule has 0 saturated carbocycles. The molecule has 0 saturated heterocycles. The molecule has 3 aromatic rings. The number of anilines is 1. The van der Waals surface area contributed by atoms with Crippen LogP contribution in [-0.4, -0.2) is 22.8 Å². The maximum atomic E-state index is 5.97. The van der Waals surface area contributed by atoms with Gasteiger partial charge in [-0.1, -0.05) is 0 Å². The van der Waals surface area contributed by atoms with Crippen molar-refractivity contribution >= 4 is 16.7 Å². The number of nitrogens with one attached hydrogen (secondary N) is 1. The number of aromatic nitrogens is 2. The van der Waals surface area contributed by atoms with Crippen LogP contribution in [0.3, 0.4) is 0 Å². The first-order valence-electron chi connectivity index (χ1n) is 7.45. The minimum Gasteiger partial charge on any atom is -0.487 e. The minimum atomic E-state index is 0.0373. The van der Waals surface area contributed by atoms with E-state index in [0.717, 1.165) is 10.9 Å². The van der Waals surface area contributed by atoms with E-state index in [1.54, 1.807) is 18.3 Å². The van der Waals surface area contributed by atoms with E-state index >= 15 is 0 Å². The van der Waals surface area contributed by atoms with Gasteiger partial charge in [-0.15, -0.1) is 0 Å². The van der Waals surface area contributed by atoms with Crippen LogP contribution in [0.25, 0.3) is 10.9 Å². The molecule has 0 spiro atoms. The number of pyridine rings is 1. The zero-order chi connectivity index (χ0) is 16.4. The first-order valence-corrected chi connectivity index (χ1v) is 7.45. The van der Waals surface area contributed by atoms with Crippen LogP contribution >= 0.6 is 0 Å². The van der Waals surface area contributed by atoms with E-state index in [-0.39, 0.29) is 6.10 Å². The monoisotopic (exact) mass is 312 g/mol. The molecular formula is C17H20N4O2. The molecule has 0 bridgehead atoms. The van der Waals surface area contributed by atoms with Crippen LogP contribution in [0.4, 0.5) is 5.82 Å². The van der Waals surface area contributed by atoms with Crippen molar-refractivity contribution in [2.75, 3.05) is 18.2 Å². The molecule has 6 nitrogen and oxygen atoms in total. The molecule has 0 aliphatic rings. The molecule has 6 heteroatoms. The van der Waals surface area contributed by atoms with Gasteiger partial charge in [-0.05, 0) is 32.0 Å². The lowest BCUT2D eigenvalue weighted by molar-refractivity contribution is 0.234. The predicted octanol–water partition coefficient (Wildman–Crippen LogP) is 3.37. The van der Waals surface area contributed by atoms with Gasteiger partial charge in [-0.25, -0.2) is 4.98 Å². The summed E-state index contributed by atoms with van der Waals surface area (Å²) in [6, 6.07) is 9.38. The zero-order valence-electron chi connectivity index (χ0n) is 13.4. The summed E-state index contributed by atoms with van der Waals surface area (Å²) in [7, 11) is 1.87. The summed E-state index contributed by atoms with van der Waals surface area (Å²) in [5.74, 6) is 2.36. The Bertz CT molecular complexity index is 827. The summed E-state index contributed by atoms with van der Waals surface area (Å²) in [6.07, 6.45) is 3.61. The molecule has 0 aliphatic carbocycles. The summed E-state index contributed by atoms with van der Waals surface area (Å²) in [5, 5.41) is 1.05. The number of nitrogens with zero attached hydrogens (tertiary/aromatic N) is 2. The summed E-state index contributed by atoms with van der Waals surface area (Å²) >= 11 is 0. The molecular weight excluding hydrogens is 292 g/mol. The van der Waals surface area contributed by atoms with Crippen molar-refractivity contribution in [2.24, 2.45) is 0 Å². The average Bonchev–Trinajstić information content (AvgIpc) is 2.89. The van der Waals surface area contributed by atoms with Crippen LogP contribution in [0.2, 0.25) is 0 Å². The second kappa shape index (κ2) is 6.08. The molecule has 23 heavy (non-hydrogen) atoms. The Morgan fingerprint density at radius 2 is 2.00 bits per heavy atom.